The van der Waals surface area contributed by atoms with Gasteiger partial charge in [0.15, 0.2) is 0 Å². The maximum absolute atomic E-state index is 9.67. The zero-order chi connectivity index (χ0) is 13.7. The molecule has 1 aromatic heterocycles. The second-order valence-corrected chi connectivity index (χ2v) is 5.33. The van der Waals surface area contributed by atoms with Gasteiger partial charge in [0.25, 0.3) is 0 Å². The molecule has 1 aromatic rings. The molecule has 0 bridgehead atoms. The average Bonchev–Trinajstić information content (AvgIpc) is 2.46. The molecule has 1 saturated carbocycles. The predicted octanol–water partition coefficient (Wildman–Crippen LogP) is 2.27. The Bertz CT molecular complexity index is 389. The molecule has 0 radical (unpaired) electrons. The van der Waals surface area contributed by atoms with Crippen LogP contribution in [-0.2, 0) is 0 Å². The quantitative estimate of drug-likeness (QED) is 0.856. The summed E-state index contributed by atoms with van der Waals surface area (Å²) in [5.74, 6) is 0.874. The zero-order valence-electron chi connectivity index (χ0n) is 11.6. The first-order chi connectivity index (χ1) is 9.22. The summed E-state index contributed by atoms with van der Waals surface area (Å²) in [5, 5.41) is 19.0. The number of hydrogen-bond donors (Lipinski definition) is 2. The second-order valence-electron chi connectivity index (χ2n) is 5.33. The predicted molar refractivity (Wildman–Crippen MR) is 76.2 cm³/mol. The highest BCUT2D eigenvalue weighted by molar-refractivity contribution is 5.42. The number of anilines is 1. The van der Waals surface area contributed by atoms with Gasteiger partial charge in [0, 0.05) is 18.8 Å². The fraction of sp³-hybridized carbons (Fsp3) is 0.667. The van der Waals surface area contributed by atoms with Crippen LogP contribution in [0.25, 0.3) is 0 Å². The van der Waals surface area contributed by atoms with Crippen LogP contribution in [0.2, 0.25) is 0 Å². The van der Waals surface area contributed by atoms with Gasteiger partial charge in [-0.15, -0.1) is 0 Å². The van der Waals surface area contributed by atoms with Gasteiger partial charge in [0.2, 0.25) is 0 Å². The van der Waals surface area contributed by atoms with Gasteiger partial charge in [-0.1, -0.05) is 19.3 Å². The van der Waals surface area contributed by atoms with Crippen LogP contribution in [0.15, 0.2) is 18.3 Å². The van der Waals surface area contributed by atoms with Gasteiger partial charge >= 0.3 is 0 Å². The van der Waals surface area contributed by atoms with E-state index < -0.39 is 6.10 Å². The maximum Gasteiger partial charge on any atom is 0.129 e. The largest absolute Gasteiger partial charge is 0.395 e. The molecule has 0 spiro atoms. The standard InChI is InChI=1S/C15H24N2O2/c1-12(19)13-7-8-16-15(11-13)17(9-10-18)14-5-3-2-4-6-14/h7-8,11-12,14,18-19H,2-6,9-10H2,1H3/t12-/m1/s1. The minimum atomic E-state index is -0.482. The third-order valence-corrected chi connectivity index (χ3v) is 3.90. The molecular formula is C15H24N2O2. The van der Waals surface area contributed by atoms with Crippen molar-refractivity contribution in [3.63, 3.8) is 0 Å². The van der Waals surface area contributed by atoms with Crippen molar-refractivity contribution in [3.8, 4) is 0 Å². The number of nitrogens with zero attached hydrogens (tertiary/aromatic N) is 2. The molecule has 2 rings (SSSR count). The Morgan fingerprint density at radius 2 is 2.11 bits per heavy atom. The average molecular weight is 264 g/mol. The molecule has 4 nitrogen and oxygen atoms in total. The Hall–Kier alpha value is -1.13. The van der Waals surface area contributed by atoms with Crippen molar-refractivity contribution in [2.45, 2.75) is 51.2 Å². The highest BCUT2D eigenvalue weighted by Gasteiger charge is 2.22. The molecule has 4 heteroatoms. The van der Waals surface area contributed by atoms with E-state index in [1.54, 1.807) is 13.1 Å². The number of aliphatic hydroxyl groups excluding tert-OH is 2. The monoisotopic (exact) mass is 264 g/mol. The van der Waals surface area contributed by atoms with Crippen molar-refractivity contribution in [1.82, 2.24) is 4.98 Å². The van der Waals surface area contributed by atoms with E-state index in [1.165, 1.54) is 32.1 Å². The highest BCUT2D eigenvalue weighted by atomic mass is 16.3. The van der Waals surface area contributed by atoms with E-state index in [9.17, 15) is 10.2 Å². The summed E-state index contributed by atoms with van der Waals surface area (Å²) in [6.45, 7) is 2.51. The normalized spacial score (nSPS) is 18.3. The summed E-state index contributed by atoms with van der Waals surface area (Å²) >= 11 is 0. The van der Waals surface area contributed by atoms with Crippen LogP contribution in [0.4, 0.5) is 5.82 Å². The highest BCUT2D eigenvalue weighted by Crippen LogP contribution is 2.27. The Balaban J connectivity index is 2.19. The van der Waals surface area contributed by atoms with Gasteiger partial charge in [-0.25, -0.2) is 4.98 Å². The van der Waals surface area contributed by atoms with Gasteiger partial charge in [0.05, 0.1) is 12.7 Å². The first-order valence-electron chi connectivity index (χ1n) is 7.24. The van der Waals surface area contributed by atoms with E-state index in [2.05, 4.69) is 9.88 Å². The number of hydrogen-bond acceptors (Lipinski definition) is 4. The summed E-state index contributed by atoms with van der Waals surface area (Å²) < 4.78 is 0. The minimum Gasteiger partial charge on any atom is -0.395 e. The van der Waals surface area contributed by atoms with Crippen LogP contribution in [0.1, 0.15) is 50.7 Å². The first kappa shape index (κ1) is 14.3. The molecule has 0 unspecified atom stereocenters. The topological polar surface area (TPSA) is 56.6 Å². The molecule has 1 heterocycles. The van der Waals surface area contributed by atoms with E-state index in [4.69, 9.17) is 0 Å². The third kappa shape index (κ3) is 3.67. The van der Waals surface area contributed by atoms with Gasteiger partial charge in [-0.05, 0) is 37.5 Å². The molecule has 1 aliphatic rings. The number of aliphatic hydroxyl groups is 2. The van der Waals surface area contributed by atoms with Crippen LogP contribution in [-0.4, -0.2) is 34.4 Å². The van der Waals surface area contributed by atoms with Crippen LogP contribution in [0.5, 0.6) is 0 Å². The SMILES string of the molecule is C[C@@H](O)c1ccnc(N(CCO)C2CCCCC2)c1. The lowest BCUT2D eigenvalue weighted by molar-refractivity contribution is 0.199. The second kappa shape index (κ2) is 6.87. The molecular weight excluding hydrogens is 240 g/mol. The van der Waals surface area contributed by atoms with E-state index in [-0.39, 0.29) is 6.61 Å². The van der Waals surface area contributed by atoms with Crippen LogP contribution >= 0.6 is 0 Å². The summed E-state index contributed by atoms with van der Waals surface area (Å²) in [6, 6.07) is 4.25. The Kier molecular flexibility index (Phi) is 5.16. The molecule has 2 N–H and O–H groups in total. The fourth-order valence-corrected chi connectivity index (χ4v) is 2.84. The van der Waals surface area contributed by atoms with E-state index in [0.29, 0.717) is 12.6 Å². The van der Waals surface area contributed by atoms with E-state index in [1.807, 2.05) is 12.1 Å². The summed E-state index contributed by atoms with van der Waals surface area (Å²) in [6.07, 6.45) is 7.41. The Morgan fingerprint density at radius 1 is 1.37 bits per heavy atom. The molecule has 0 aliphatic heterocycles. The molecule has 0 aromatic carbocycles. The molecule has 1 aliphatic carbocycles. The molecule has 19 heavy (non-hydrogen) atoms. The maximum atomic E-state index is 9.67. The number of pyridine rings is 1. The third-order valence-electron chi connectivity index (χ3n) is 3.90. The molecule has 1 atom stereocenters. The van der Waals surface area contributed by atoms with Crippen molar-refractivity contribution >= 4 is 5.82 Å². The minimum absolute atomic E-state index is 0.136. The molecule has 1 fully saturated rings. The van der Waals surface area contributed by atoms with Crippen molar-refractivity contribution < 1.29 is 10.2 Å². The van der Waals surface area contributed by atoms with Crippen LogP contribution in [0.3, 0.4) is 0 Å². The van der Waals surface area contributed by atoms with E-state index >= 15 is 0 Å². The smallest absolute Gasteiger partial charge is 0.129 e. The lowest BCUT2D eigenvalue weighted by Crippen LogP contribution is -2.39. The van der Waals surface area contributed by atoms with Gasteiger partial charge in [0.1, 0.15) is 5.82 Å². The van der Waals surface area contributed by atoms with Crippen molar-refractivity contribution in [1.29, 1.82) is 0 Å². The van der Waals surface area contributed by atoms with Gasteiger partial charge in [-0.3, -0.25) is 0 Å². The zero-order valence-corrected chi connectivity index (χ0v) is 11.6. The first-order valence-corrected chi connectivity index (χ1v) is 7.24. The van der Waals surface area contributed by atoms with Crippen LogP contribution < -0.4 is 4.90 Å². The van der Waals surface area contributed by atoms with Crippen molar-refractivity contribution in [3.05, 3.63) is 23.9 Å². The van der Waals surface area contributed by atoms with Crippen LogP contribution in [0, 0.1) is 0 Å². The number of rotatable bonds is 5. The lowest BCUT2D eigenvalue weighted by Gasteiger charge is -2.35. The summed E-state index contributed by atoms with van der Waals surface area (Å²) in [7, 11) is 0. The van der Waals surface area contributed by atoms with Gasteiger partial charge < -0.3 is 15.1 Å². The van der Waals surface area contributed by atoms with Crippen molar-refractivity contribution in [2.24, 2.45) is 0 Å². The summed E-state index contributed by atoms with van der Waals surface area (Å²) in [5.41, 5.74) is 0.878. The van der Waals surface area contributed by atoms with E-state index in [0.717, 1.165) is 11.4 Å². The lowest BCUT2D eigenvalue weighted by atomic mass is 9.94. The Labute approximate surface area is 115 Å². The molecule has 0 saturated heterocycles. The number of aromatic nitrogens is 1. The van der Waals surface area contributed by atoms with Gasteiger partial charge in [-0.2, -0.15) is 0 Å². The summed E-state index contributed by atoms with van der Waals surface area (Å²) in [4.78, 5) is 6.62. The molecule has 106 valence electrons. The van der Waals surface area contributed by atoms with Crippen molar-refractivity contribution in [2.75, 3.05) is 18.1 Å². The molecule has 0 amide bonds. The Morgan fingerprint density at radius 3 is 2.74 bits per heavy atom. The fourth-order valence-electron chi connectivity index (χ4n) is 2.84.